The van der Waals surface area contributed by atoms with Crippen LogP contribution >= 0.6 is 0 Å². The van der Waals surface area contributed by atoms with Crippen molar-refractivity contribution in [3.05, 3.63) is 94.4 Å². The molecule has 2 aromatic heterocycles. The largest absolute Gasteiger partial charge is 0.361 e. The molecule has 7 heteroatoms. The number of nitrogens with one attached hydrogen (secondary N) is 2. The van der Waals surface area contributed by atoms with E-state index in [0.29, 0.717) is 6.04 Å². The van der Waals surface area contributed by atoms with Gasteiger partial charge in [0.1, 0.15) is 0 Å². The molecule has 1 atom stereocenters. The number of aromatic nitrogens is 3. The third-order valence-corrected chi connectivity index (χ3v) is 6.93. The minimum atomic E-state index is -0.529. The molecule has 1 amide bonds. The minimum absolute atomic E-state index is 0.330. The highest BCUT2D eigenvalue weighted by molar-refractivity contribution is 5.90. The summed E-state index contributed by atoms with van der Waals surface area (Å²) in [6.07, 6.45) is 12.3. The number of carbonyl (C=O) groups excluding carboxylic acids is 1. The summed E-state index contributed by atoms with van der Waals surface area (Å²) in [6.45, 7) is 3.91. The number of benzene rings is 2. The second-order valence-corrected chi connectivity index (χ2v) is 9.43. The van der Waals surface area contributed by atoms with Gasteiger partial charge in [-0.2, -0.15) is 5.10 Å². The van der Waals surface area contributed by atoms with E-state index in [1.54, 1.807) is 11.6 Å². The Morgan fingerprint density at radius 1 is 1.31 bits per heavy atom. The van der Waals surface area contributed by atoms with Gasteiger partial charge in [-0.15, -0.1) is 0 Å². The Labute approximate surface area is 205 Å². The summed E-state index contributed by atoms with van der Waals surface area (Å²) in [4.78, 5) is 17.4. The van der Waals surface area contributed by atoms with E-state index in [4.69, 9.17) is 5.21 Å². The first-order chi connectivity index (χ1) is 17.0. The molecule has 0 spiro atoms. The lowest BCUT2D eigenvalue weighted by Gasteiger charge is -2.29. The van der Waals surface area contributed by atoms with E-state index in [9.17, 15) is 4.79 Å². The van der Waals surface area contributed by atoms with Crippen molar-refractivity contribution < 1.29 is 10.0 Å². The van der Waals surface area contributed by atoms with Crippen molar-refractivity contribution in [3.8, 4) is 0 Å². The van der Waals surface area contributed by atoms with E-state index in [1.165, 1.54) is 44.8 Å². The van der Waals surface area contributed by atoms with Gasteiger partial charge in [-0.3, -0.25) is 19.6 Å². The van der Waals surface area contributed by atoms with Crippen molar-refractivity contribution in [2.75, 3.05) is 6.54 Å². The van der Waals surface area contributed by atoms with Crippen LogP contribution in [0.3, 0.4) is 0 Å². The Morgan fingerprint density at radius 3 is 3.00 bits per heavy atom. The van der Waals surface area contributed by atoms with Crippen molar-refractivity contribution in [1.82, 2.24) is 25.1 Å². The van der Waals surface area contributed by atoms with Crippen molar-refractivity contribution in [3.63, 3.8) is 0 Å². The van der Waals surface area contributed by atoms with Crippen molar-refractivity contribution >= 4 is 22.9 Å². The van der Waals surface area contributed by atoms with Crippen LogP contribution in [0.1, 0.15) is 45.8 Å². The minimum Gasteiger partial charge on any atom is -0.361 e. The first-order valence-corrected chi connectivity index (χ1v) is 12.0. The van der Waals surface area contributed by atoms with Gasteiger partial charge in [-0.1, -0.05) is 30.3 Å². The van der Waals surface area contributed by atoms with Crippen molar-refractivity contribution in [2.45, 2.75) is 38.8 Å². The summed E-state index contributed by atoms with van der Waals surface area (Å²) < 4.78 is 1.86. The van der Waals surface area contributed by atoms with Crippen LogP contribution in [0.15, 0.2) is 61.1 Å². The number of carbonyl (C=O) groups is 1. The topological polar surface area (TPSA) is 86.2 Å². The molecule has 1 aliphatic carbocycles. The van der Waals surface area contributed by atoms with Gasteiger partial charge in [0.2, 0.25) is 0 Å². The molecule has 35 heavy (non-hydrogen) atoms. The average Bonchev–Trinajstić information content (AvgIpc) is 3.58. The monoisotopic (exact) mass is 469 g/mol. The molecule has 5 rings (SSSR count). The maximum Gasteiger partial charge on any atom is 0.267 e. The highest BCUT2D eigenvalue weighted by Crippen LogP contribution is 2.37. The van der Waals surface area contributed by atoms with Gasteiger partial charge in [-0.25, -0.2) is 5.48 Å². The highest BCUT2D eigenvalue weighted by Gasteiger charge is 2.28. The van der Waals surface area contributed by atoms with Crippen LogP contribution in [0.25, 0.3) is 17.0 Å². The van der Waals surface area contributed by atoms with E-state index < -0.39 is 5.91 Å². The molecule has 0 radical (unpaired) electrons. The Morgan fingerprint density at radius 2 is 2.20 bits per heavy atom. The fourth-order valence-corrected chi connectivity index (χ4v) is 5.21. The average molecular weight is 470 g/mol. The Kier molecular flexibility index (Phi) is 6.53. The number of amides is 1. The predicted molar refractivity (Wildman–Crippen MR) is 137 cm³/mol. The van der Waals surface area contributed by atoms with Gasteiger partial charge in [0.15, 0.2) is 0 Å². The number of hydroxylamine groups is 1. The molecule has 180 valence electrons. The molecule has 2 heterocycles. The van der Waals surface area contributed by atoms with Gasteiger partial charge < -0.3 is 4.98 Å². The summed E-state index contributed by atoms with van der Waals surface area (Å²) in [5.41, 5.74) is 10.3. The molecule has 0 saturated carbocycles. The summed E-state index contributed by atoms with van der Waals surface area (Å²) in [6, 6.07) is 13.3. The Hall–Kier alpha value is -3.68. The number of hydrogen-bond donors (Lipinski definition) is 3. The zero-order valence-electron chi connectivity index (χ0n) is 20.2. The van der Waals surface area contributed by atoms with Crippen LogP contribution in [0.4, 0.5) is 0 Å². The molecule has 1 unspecified atom stereocenters. The fraction of sp³-hybridized carbons (Fsp3) is 0.286. The molecule has 0 aliphatic heterocycles. The second kappa shape index (κ2) is 9.90. The Balaban J connectivity index is 1.38. The smallest absolute Gasteiger partial charge is 0.267 e. The molecule has 4 aromatic rings. The van der Waals surface area contributed by atoms with E-state index in [0.717, 1.165) is 37.9 Å². The second-order valence-electron chi connectivity index (χ2n) is 9.43. The van der Waals surface area contributed by atoms with E-state index >= 15 is 0 Å². The molecular formula is C28H31N5O2. The number of rotatable bonds is 8. The highest BCUT2D eigenvalue weighted by atomic mass is 16.5. The van der Waals surface area contributed by atoms with Crippen LogP contribution in [-0.2, 0) is 31.2 Å². The molecule has 2 aromatic carbocycles. The van der Waals surface area contributed by atoms with E-state index in [1.807, 2.05) is 24.0 Å². The summed E-state index contributed by atoms with van der Waals surface area (Å²) in [5.74, 6) is -0.529. The first kappa shape index (κ1) is 23.1. The summed E-state index contributed by atoms with van der Waals surface area (Å²) >= 11 is 0. The number of aromatic amines is 1. The normalized spacial score (nSPS) is 15.4. The lowest BCUT2D eigenvalue weighted by Crippen LogP contribution is -2.29. The summed E-state index contributed by atoms with van der Waals surface area (Å²) in [7, 11) is 1.96. The van der Waals surface area contributed by atoms with Gasteiger partial charge >= 0.3 is 0 Å². The number of fused-ring (bicyclic) bond motifs is 2. The standard InChI is InChI=1S/C28H31N5O2/c1-19-3-7-24-23(16-29-26(24)13-19)11-12-33(18-21-15-30-32(2)17-21)27-9-6-22-14-20(4-8-25(22)27)5-10-28(34)31-35/h3-5,7-8,10,13-17,27,29,35H,6,9,11-12,18H2,1-2H3,(H,31,34)/b10-5+. The van der Waals surface area contributed by atoms with Crippen LogP contribution < -0.4 is 5.48 Å². The molecule has 1 aliphatic rings. The number of hydrogen-bond acceptors (Lipinski definition) is 4. The van der Waals surface area contributed by atoms with Gasteiger partial charge in [-0.05, 0) is 66.1 Å². The van der Waals surface area contributed by atoms with Gasteiger partial charge in [0.05, 0.1) is 6.20 Å². The van der Waals surface area contributed by atoms with Crippen molar-refractivity contribution in [2.24, 2.45) is 7.05 Å². The lowest BCUT2D eigenvalue weighted by molar-refractivity contribution is -0.124. The molecule has 0 fully saturated rings. The van der Waals surface area contributed by atoms with Gasteiger partial charge in [0.25, 0.3) is 5.91 Å². The number of aryl methyl sites for hydroxylation is 3. The van der Waals surface area contributed by atoms with Crippen LogP contribution in [0.5, 0.6) is 0 Å². The number of nitrogens with zero attached hydrogens (tertiary/aromatic N) is 3. The zero-order valence-corrected chi connectivity index (χ0v) is 20.2. The molecule has 0 saturated heterocycles. The van der Waals surface area contributed by atoms with E-state index in [-0.39, 0.29) is 0 Å². The van der Waals surface area contributed by atoms with Crippen LogP contribution in [-0.4, -0.2) is 37.3 Å². The summed E-state index contributed by atoms with van der Waals surface area (Å²) in [5, 5.41) is 14.4. The van der Waals surface area contributed by atoms with Crippen LogP contribution in [0.2, 0.25) is 0 Å². The molecule has 7 nitrogen and oxygen atoms in total. The van der Waals surface area contributed by atoms with Crippen LogP contribution in [0, 0.1) is 6.92 Å². The predicted octanol–water partition coefficient (Wildman–Crippen LogP) is 4.46. The molecule has 3 N–H and O–H groups in total. The third kappa shape index (κ3) is 5.06. The zero-order chi connectivity index (χ0) is 24.4. The maximum atomic E-state index is 11.3. The third-order valence-electron chi connectivity index (χ3n) is 6.93. The van der Waals surface area contributed by atoms with Crippen molar-refractivity contribution in [1.29, 1.82) is 0 Å². The fourth-order valence-electron chi connectivity index (χ4n) is 5.21. The maximum absolute atomic E-state index is 11.3. The quantitative estimate of drug-likeness (QED) is 0.202. The molecule has 0 bridgehead atoms. The van der Waals surface area contributed by atoms with Gasteiger partial charge in [0, 0.05) is 61.1 Å². The van der Waals surface area contributed by atoms with E-state index in [2.05, 4.69) is 64.6 Å². The number of H-pyrrole nitrogens is 1. The molecular weight excluding hydrogens is 438 g/mol. The first-order valence-electron chi connectivity index (χ1n) is 12.0. The lowest BCUT2D eigenvalue weighted by atomic mass is 10.0. The SMILES string of the molecule is Cc1ccc2c(CCN(Cc3cnn(C)c3)C3CCc4cc(/C=C/C(=O)NO)ccc43)c[nH]c2c1. The Bertz CT molecular complexity index is 1380.